The Morgan fingerprint density at radius 1 is 1.45 bits per heavy atom. The van der Waals surface area contributed by atoms with E-state index in [9.17, 15) is 9.59 Å². The number of likely N-dealkylation sites (tertiary alicyclic amines) is 1. The van der Waals surface area contributed by atoms with E-state index in [-0.39, 0.29) is 17.8 Å². The van der Waals surface area contributed by atoms with Crippen molar-refractivity contribution in [1.29, 1.82) is 0 Å². The first kappa shape index (κ1) is 14.6. The number of aryl methyl sites for hydroxylation is 2. The summed E-state index contributed by atoms with van der Waals surface area (Å²) in [6.07, 6.45) is 1.72. The molecule has 0 aliphatic carbocycles. The molecule has 20 heavy (non-hydrogen) atoms. The van der Waals surface area contributed by atoms with Gasteiger partial charge >= 0.3 is 5.97 Å². The van der Waals surface area contributed by atoms with Crippen molar-refractivity contribution in [2.75, 3.05) is 20.2 Å². The molecule has 1 aromatic rings. The zero-order valence-electron chi connectivity index (χ0n) is 12.1. The van der Waals surface area contributed by atoms with Crippen molar-refractivity contribution in [1.82, 2.24) is 10.1 Å². The number of carbonyl (C=O) groups excluding carboxylic acids is 2. The molecule has 1 amide bonds. The number of hydrogen-bond acceptors (Lipinski definition) is 5. The third-order valence-electron chi connectivity index (χ3n) is 3.85. The van der Waals surface area contributed by atoms with E-state index in [0.29, 0.717) is 32.4 Å². The fraction of sp³-hybridized carbons (Fsp3) is 0.643. The number of rotatable bonds is 4. The molecule has 2 rings (SSSR count). The Morgan fingerprint density at radius 3 is 2.80 bits per heavy atom. The van der Waals surface area contributed by atoms with Crippen LogP contribution < -0.4 is 0 Å². The van der Waals surface area contributed by atoms with Crippen molar-refractivity contribution >= 4 is 11.9 Å². The zero-order chi connectivity index (χ0) is 14.7. The van der Waals surface area contributed by atoms with Crippen molar-refractivity contribution < 1.29 is 18.8 Å². The van der Waals surface area contributed by atoms with Gasteiger partial charge in [0.05, 0.1) is 18.7 Å². The maximum absolute atomic E-state index is 12.1. The van der Waals surface area contributed by atoms with E-state index in [1.165, 1.54) is 7.11 Å². The molecule has 0 bridgehead atoms. The van der Waals surface area contributed by atoms with Crippen LogP contribution in [0.3, 0.4) is 0 Å². The first-order valence-electron chi connectivity index (χ1n) is 6.80. The molecule has 6 nitrogen and oxygen atoms in total. The molecule has 1 aliphatic heterocycles. The van der Waals surface area contributed by atoms with Gasteiger partial charge in [-0.2, -0.15) is 0 Å². The molecule has 1 aromatic heterocycles. The van der Waals surface area contributed by atoms with Crippen molar-refractivity contribution in [2.45, 2.75) is 33.1 Å². The summed E-state index contributed by atoms with van der Waals surface area (Å²) < 4.78 is 9.80. The SMILES string of the molecule is COC(=O)C1CCN(C(=O)CCc2c(C)noc2C)C1. The minimum Gasteiger partial charge on any atom is -0.469 e. The highest BCUT2D eigenvalue weighted by atomic mass is 16.5. The largest absolute Gasteiger partial charge is 0.469 e. The second-order valence-corrected chi connectivity index (χ2v) is 5.15. The topological polar surface area (TPSA) is 72.6 Å². The van der Waals surface area contributed by atoms with Crippen LogP contribution in [-0.2, 0) is 20.7 Å². The number of nitrogens with zero attached hydrogens (tertiary/aromatic N) is 2. The Bertz CT molecular complexity index is 490. The van der Waals surface area contributed by atoms with Gasteiger partial charge in [0.15, 0.2) is 0 Å². The van der Waals surface area contributed by atoms with Gasteiger partial charge in [-0.25, -0.2) is 0 Å². The van der Waals surface area contributed by atoms with Gasteiger partial charge < -0.3 is 14.2 Å². The summed E-state index contributed by atoms with van der Waals surface area (Å²) >= 11 is 0. The predicted octanol–water partition coefficient (Wildman–Crippen LogP) is 1.25. The predicted molar refractivity (Wildman–Crippen MR) is 71.0 cm³/mol. The molecule has 1 atom stereocenters. The molecule has 2 heterocycles. The number of hydrogen-bond donors (Lipinski definition) is 0. The highest BCUT2D eigenvalue weighted by Gasteiger charge is 2.31. The second-order valence-electron chi connectivity index (χ2n) is 5.15. The van der Waals surface area contributed by atoms with Crippen molar-refractivity contribution in [2.24, 2.45) is 5.92 Å². The second kappa shape index (κ2) is 6.07. The van der Waals surface area contributed by atoms with E-state index in [1.807, 2.05) is 13.8 Å². The van der Waals surface area contributed by atoms with Gasteiger partial charge in [-0.15, -0.1) is 0 Å². The molecule has 0 N–H and O–H groups in total. The molecule has 0 saturated carbocycles. The third kappa shape index (κ3) is 3.00. The maximum atomic E-state index is 12.1. The summed E-state index contributed by atoms with van der Waals surface area (Å²) in [6, 6.07) is 0. The number of esters is 1. The molecular formula is C14H20N2O4. The summed E-state index contributed by atoms with van der Waals surface area (Å²) in [7, 11) is 1.38. The van der Waals surface area contributed by atoms with Gasteiger partial charge in [0, 0.05) is 25.1 Å². The average molecular weight is 280 g/mol. The zero-order valence-corrected chi connectivity index (χ0v) is 12.1. The van der Waals surface area contributed by atoms with Crippen LogP contribution in [-0.4, -0.2) is 42.1 Å². The minimum absolute atomic E-state index is 0.0661. The monoisotopic (exact) mass is 280 g/mol. The highest BCUT2D eigenvalue weighted by molar-refractivity contribution is 5.79. The van der Waals surface area contributed by atoms with E-state index < -0.39 is 0 Å². The summed E-state index contributed by atoms with van der Waals surface area (Å²) in [4.78, 5) is 25.3. The van der Waals surface area contributed by atoms with Crippen molar-refractivity contribution in [3.8, 4) is 0 Å². The standard InChI is InChI=1S/C14H20N2O4/c1-9-12(10(2)20-15-9)4-5-13(17)16-7-6-11(8-16)14(18)19-3/h11H,4-8H2,1-3H3. The van der Waals surface area contributed by atoms with E-state index in [0.717, 1.165) is 17.0 Å². The van der Waals surface area contributed by atoms with Gasteiger partial charge in [0.2, 0.25) is 5.91 Å². The molecule has 110 valence electrons. The first-order chi connectivity index (χ1) is 9.52. The maximum Gasteiger partial charge on any atom is 0.310 e. The van der Waals surface area contributed by atoms with E-state index in [4.69, 9.17) is 9.26 Å². The Balaban J connectivity index is 1.86. The number of methoxy groups -OCH3 is 1. The first-order valence-corrected chi connectivity index (χ1v) is 6.80. The van der Waals surface area contributed by atoms with Gasteiger partial charge in [-0.05, 0) is 26.7 Å². The molecule has 0 radical (unpaired) electrons. The Hall–Kier alpha value is -1.85. The molecule has 0 aromatic carbocycles. The van der Waals surface area contributed by atoms with E-state index in [2.05, 4.69) is 5.16 Å². The van der Waals surface area contributed by atoms with Crippen LogP contribution in [0.15, 0.2) is 4.52 Å². The lowest BCUT2D eigenvalue weighted by Crippen LogP contribution is -2.30. The normalized spacial score (nSPS) is 18.4. The third-order valence-corrected chi connectivity index (χ3v) is 3.85. The molecule has 1 saturated heterocycles. The van der Waals surface area contributed by atoms with E-state index >= 15 is 0 Å². The molecular weight excluding hydrogens is 260 g/mol. The molecule has 1 aliphatic rings. The number of aromatic nitrogens is 1. The van der Waals surface area contributed by atoms with Gasteiger partial charge in [-0.3, -0.25) is 9.59 Å². The Kier molecular flexibility index (Phi) is 4.42. The molecule has 1 unspecified atom stereocenters. The van der Waals surface area contributed by atoms with Crippen molar-refractivity contribution in [3.05, 3.63) is 17.0 Å². The summed E-state index contributed by atoms with van der Waals surface area (Å²) in [5.41, 5.74) is 1.84. The lowest BCUT2D eigenvalue weighted by Gasteiger charge is -2.15. The quantitative estimate of drug-likeness (QED) is 0.776. The van der Waals surface area contributed by atoms with Crippen LogP contribution >= 0.6 is 0 Å². The number of carbonyl (C=O) groups is 2. The van der Waals surface area contributed by atoms with Crippen LogP contribution in [0, 0.1) is 19.8 Å². The van der Waals surface area contributed by atoms with Crippen LogP contribution in [0.4, 0.5) is 0 Å². The highest BCUT2D eigenvalue weighted by Crippen LogP contribution is 2.20. The fourth-order valence-electron chi connectivity index (χ4n) is 2.59. The molecule has 0 spiro atoms. The van der Waals surface area contributed by atoms with Crippen LogP contribution in [0.25, 0.3) is 0 Å². The van der Waals surface area contributed by atoms with Gasteiger partial charge in [-0.1, -0.05) is 5.16 Å². The minimum atomic E-state index is -0.231. The van der Waals surface area contributed by atoms with E-state index in [1.54, 1.807) is 4.90 Å². The average Bonchev–Trinajstić information content (AvgIpc) is 3.04. The Labute approximate surface area is 118 Å². The van der Waals surface area contributed by atoms with Gasteiger partial charge in [0.1, 0.15) is 5.76 Å². The van der Waals surface area contributed by atoms with Crippen molar-refractivity contribution in [3.63, 3.8) is 0 Å². The smallest absolute Gasteiger partial charge is 0.310 e. The van der Waals surface area contributed by atoms with Crippen LogP contribution in [0.1, 0.15) is 29.9 Å². The number of amides is 1. The molecule has 6 heteroatoms. The number of ether oxygens (including phenoxy) is 1. The van der Waals surface area contributed by atoms with Crippen LogP contribution in [0.5, 0.6) is 0 Å². The lowest BCUT2D eigenvalue weighted by molar-refractivity contribution is -0.145. The summed E-state index contributed by atoms with van der Waals surface area (Å²) in [6.45, 7) is 4.82. The fourth-order valence-corrected chi connectivity index (χ4v) is 2.59. The lowest BCUT2D eigenvalue weighted by atomic mass is 10.1. The summed E-state index contributed by atoms with van der Waals surface area (Å²) in [5, 5.41) is 3.88. The van der Waals surface area contributed by atoms with Gasteiger partial charge in [0.25, 0.3) is 0 Å². The molecule has 1 fully saturated rings. The summed E-state index contributed by atoms with van der Waals surface area (Å²) in [5.74, 6) is 0.426. The van der Waals surface area contributed by atoms with Crippen LogP contribution in [0.2, 0.25) is 0 Å². The Morgan fingerprint density at radius 2 is 2.20 bits per heavy atom.